The van der Waals surface area contributed by atoms with Crippen molar-refractivity contribution in [1.82, 2.24) is 20.3 Å². The van der Waals surface area contributed by atoms with Crippen molar-refractivity contribution in [3.63, 3.8) is 0 Å². The van der Waals surface area contributed by atoms with Crippen LogP contribution >= 0.6 is 0 Å². The van der Waals surface area contributed by atoms with Crippen LogP contribution in [0.3, 0.4) is 0 Å². The van der Waals surface area contributed by atoms with Crippen molar-refractivity contribution < 1.29 is 23.8 Å². The predicted molar refractivity (Wildman–Crippen MR) is 175 cm³/mol. The van der Waals surface area contributed by atoms with E-state index in [1.54, 1.807) is 18.2 Å². The molecule has 2 aliphatic rings. The van der Waals surface area contributed by atoms with Gasteiger partial charge in [-0.3, -0.25) is 15.0 Å². The van der Waals surface area contributed by atoms with Crippen LogP contribution in [0.25, 0.3) is 0 Å². The van der Waals surface area contributed by atoms with Crippen LogP contribution < -0.4 is 41.6 Å². The molecule has 8 N–H and O–H groups in total. The molecule has 2 aliphatic heterocycles. The number of unbranched alkanes of at least 4 members (excludes halogenated alkanes) is 1. The number of anilines is 3. The van der Waals surface area contributed by atoms with Gasteiger partial charge in [0.15, 0.2) is 0 Å². The van der Waals surface area contributed by atoms with Crippen LogP contribution in [0.2, 0.25) is 0 Å². The lowest BCUT2D eigenvalue weighted by Gasteiger charge is -2.18. The first kappa shape index (κ1) is 33.7. The maximum atomic E-state index is 13.4. The minimum Gasteiger partial charge on any atom is -0.494 e. The molecule has 0 radical (unpaired) electrons. The Morgan fingerprint density at radius 3 is 2.43 bits per heavy atom. The van der Waals surface area contributed by atoms with Crippen LogP contribution in [0.1, 0.15) is 74.2 Å². The molecule has 5 rings (SSSR count). The Morgan fingerprint density at radius 1 is 0.978 bits per heavy atom. The van der Waals surface area contributed by atoms with Gasteiger partial charge in [0.2, 0.25) is 17.8 Å². The van der Waals surface area contributed by atoms with Crippen molar-refractivity contribution in [2.45, 2.75) is 70.9 Å². The summed E-state index contributed by atoms with van der Waals surface area (Å²) in [6.45, 7) is 3.67. The van der Waals surface area contributed by atoms with Gasteiger partial charge in [0, 0.05) is 24.7 Å². The number of primary amides is 1. The van der Waals surface area contributed by atoms with Crippen molar-refractivity contribution in [2.75, 3.05) is 30.5 Å². The molecule has 6 bridgehead atoms. The van der Waals surface area contributed by atoms with Gasteiger partial charge >= 0.3 is 6.01 Å². The molecule has 1 atom stereocenters. The van der Waals surface area contributed by atoms with Gasteiger partial charge in [-0.2, -0.15) is 15.0 Å². The lowest BCUT2D eigenvalue weighted by Crippen LogP contribution is -2.44. The third kappa shape index (κ3) is 10.8. The third-order valence-corrected chi connectivity index (χ3v) is 7.15. The highest BCUT2D eigenvalue weighted by molar-refractivity contribution is 6.00. The summed E-state index contributed by atoms with van der Waals surface area (Å²) in [5.74, 6) is 0.636. The zero-order valence-corrected chi connectivity index (χ0v) is 26.1. The Kier molecular flexibility index (Phi) is 12.7. The van der Waals surface area contributed by atoms with Gasteiger partial charge in [-0.15, -0.1) is 0 Å². The van der Waals surface area contributed by atoms with Crippen LogP contribution in [0.15, 0.2) is 42.5 Å². The van der Waals surface area contributed by atoms with E-state index in [1.807, 2.05) is 31.2 Å². The molecule has 2 aromatic carbocycles. The van der Waals surface area contributed by atoms with Crippen molar-refractivity contribution in [3.05, 3.63) is 53.6 Å². The standard InChI is InChI=1S/C32H43N9O5/c1-2-44-32-40-30-36-20-21-11-14-23(15-12-21)45-17-7-3-4-8-18-46-26-19-22(37-31(39-30)41-32)13-16-24(26)29(43)38-25(28(35)42)9-5-6-10-27(33)34/h11-16,19,25H,2-10,17-18,20H2,1H3,(H3,33,34)(H2,35,42)(H,38,43)(H2,36,37,39,40,41)/t25-/m0/s1. The molecule has 14 nitrogen and oxygen atoms in total. The fraction of sp³-hybridized carbons (Fsp3) is 0.438. The van der Waals surface area contributed by atoms with Crippen LogP contribution in [0, 0.1) is 5.41 Å². The van der Waals surface area contributed by atoms with Gasteiger partial charge in [0.05, 0.1) is 31.2 Å². The summed E-state index contributed by atoms with van der Waals surface area (Å²) < 4.78 is 17.6. The summed E-state index contributed by atoms with van der Waals surface area (Å²) in [6, 6.07) is 12.1. The van der Waals surface area contributed by atoms with E-state index in [0.717, 1.165) is 37.0 Å². The molecule has 2 amide bonds. The summed E-state index contributed by atoms with van der Waals surface area (Å²) >= 11 is 0. The molecule has 0 aliphatic carbocycles. The molecule has 0 spiro atoms. The third-order valence-electron chi connectivity index (χ3n) is 7.15. The number of nitrogens with two attached hydrogens (primary N) is 2. The van der Waals surface area contributed by atoms with Gasteiger partial charge in [-0.1, -0.05) is 18.6 Å². The van der Waals surface area contributed by atoms with Crippen LogP contribution in [-0.4, -0.2) is 58.5 Å². The molecular weight excluding hydrogens is 590 g/mol. The largest absolute Gasteiger partial charge is 0.494 e. The number of aromatic nitrogens is 3. The Balaban J connectivity index is 1.56. The number of nitrogens with zero attached hydrogens (tertiary/aromatic N) is 3. The first-order chi connectivity index (χ1) is 22.3. The Morgan fingerprint density at radius 2 is 1.72 bits per heavy atom. The second-order valence-electron chi connectivity index (χ2n) is 10.8. The predicted octanol–water partition coefficient (Wildman–Crippen LogP) is 4.04. The number of fused-ring (bicyclic) bond motifs is 10. The molecule has 1 aromatic heterocycles. The number of ether oxygens (including phenoxy) is 3. The monoisotopic (exact) mass is 633 g/mol. The van der Waals surface area contributed by atoms with E-state index in [-0.39, 0.29) is 23.4 Å². The first-order valence-electron chi connectivity index (χ1n) is 15.6. The maximum absolute atomic E-state index is 13.4. The summed E-state index contributed by atoms with van der Waals surface area (Å²) in [4.78, 5) is 38.8. The van der Waals surface area contributed by atoms with E-state index in [2.05, 4.69) is 30.9 Å². The number of hydrogen-bond acceptors (Lipinski definition) is 11. The topological polar surface area (TPSA) is 212 Å². The van der Waals surface area contributed by atoms with E-state index in [9.17, 15) is 9.59 Å². The van der Waals surface area contributed by atoms with Crippen molar-refractivity contribution in [3.8, 4) is 17.5 Å². The van der Waals surface area contributed by atoms with E-state index >= 15 is 0 Å². The smallest absolute Gasteiger partial charge is 0.323 e. The summed E-state index contributed by atoms with van der Waals surface area (Å²) in [5.41, 5.74) is 12.9. The molecule has 0 fully saturated rings. The molecule has 3 heterocycles. The molecular formula is C32H43N9O5. The second kappa shape index (κ2) is 17.4. The summed E-state index contributed by atoms with van der Waals surface area (Å²) in [7, 11) is 0. The normalized spacial score (nSPS) is 14.2. The Labute approximate surface area is 268 Å². The Hall–Kier alpha value is -5.14. The maximum Gasteiger partial charge on any atom is 0.323 e. The number of nitrogens with one attached hydrogen (secondary N) is 4. The zero-order valence-electron chi connectivity index (χ0n) is 26.1. The highest BCUT2D eigenvalue weighted by Gasteiger charge is 2.22. The number of rotatable bonds is 10. The van der Waals surface area contributed by atoms with Crippen LogP contribution in [-0.2, 0) is 11.3 Å². The number of carbonyl (C=O) groups excluding carboxylic acids is 2. The van der Waals surface area contributed by atoms with Crippen LogP contribution in [0.5, 0.6) is 17.5 Å². The fourth-order valence-electron chi connectivity index (χ4n) is 4.72. The quantitative estimate of drug-likeness (QED) is 0.106. The lowest BCUT2D eigenvalue weighted by molar-refractivity contribution is -0.120. The number of carbonyl (C=O) groups is 2. The number of hydrogen-bond donors (Lipinski definition) is 6. The van der Waals surface area contributed by atoms with E-state index in [0.29, 0.717) is 69.4 Å². The molecule has 246 valence electrons. The van der Waals surface area contributed by atoms with Gasteiger partial charge in [-0.25, -0.2) is 0 Å². The second-order valence-corrected chi connectivity index (χ2v) is 10.8. The molecule has 46 heavy (non-hydrogen) atoms. The number of benzene rings is 2. The van der Waals surface area contributed by atoms with E-state index in [1.165, 1.54) is 0 Å². The Bertz CT molecular complexity index is 1470. The first-order valence-corrected chi connectivity index (χ1v) is 15.6. The van der Waals surface area contributed by atoms with E-state index < -0.39 is 17.9 Å². The molecule has 3 aromatic rings. The number of amidine groups is 1. The summed E-state index contributed by atoms with van der Waals surface area (Å²) in [6.07, 6.45) is 5.49. The molecule has 0 saturated carbocycles. The highest BCUT2D eigenvalue weighted by atomic mass is 16.5. The molecule has 14 heteroatoms. The van der Waals surface area contributed by atoms with Gasteiger partial charge in [0.25, 0.3) is 5.91 Å². The lowest BCUT2D eigenvalue weighted by atomic mass is 10.1. The van der Waals surface area contributed by atoms with Crippen molar-refractivity contribution in [2.24, 2.45) is 11.5 Å². The van der Waals surface area contributed by atoms with Crippen molar-refractivity contribution in [1.29, 1.82) is 5.41 Å². The average molecular weight is 634 g/mol. The van der Waals surface area contributed by atoms with Gasteiger partial charge in [0.1, 0.15) is 17.5 Å². The molecule has 0 unspecified atom stereocenters. The number of amides is 2. The summed E-state index contributed by atoms with van der Waals surface area (Å²) in [5, 5.41) is 16.5. The van der Waals surface area contributed by atoms with Crippen LogP contribution in [0.4, 0.5) is 17.6 Å². The fourth-order valence-corrected chi connectivity index (χ4v) is 4.72. The van der Waals surface area contributed by atoms with Crippen molar-refractivity contribution >= 4 is 35.2 Å². The van der Waals surface area contributed by atoms with E-state index in [4.69, 9.17) is 31.1 Å². The minimum absolute atomic E-state index is 0.0753. The minimum atomic E-state index is -0.881. The molecule has 0 saturated heterocycles. The van der Waals surface area contributed by atoms with Gasteiger partial charge < -0.3 is 41.6 Å². The SMILES string of the molecule is CCOc1nc2nc(n1)Nc1ccc(C(=O)N[C@@H](CCCCC(=N)N)C(N)=O)c(c1)OCCCCCCOc1ccc(cc1)CN2. The average Bonchev–Trinajstić information content (AvgIpc) is 3.03. The highest BCUT2D eigenvalue weighted by Crippen LogP contribution is 2.27. The zero-order chi connectivity index (χ0) is 32.7. The van der Waals surface area contributed by atoms with Gasteiger partial charge in [-0.05, 0) is 75.3 Å².